The minimum absolute atomic E-state index is 0.146. The minimum atomic E-state index is -0.412. The summed E-state index contributed by atoms with van der Waals surface area (Å²) >= 11 is 1.23. The molecule has 0 spiro atoms. The summed E-state index contributed by atoms with van der Waals surface area (Å²) in [6, 6.07) is 8.86. The molecule has 0 aliphatic carbocycles. The Balaban J connectivity index is 1.82. The van der Waals surface area contributed by atoms with Crippen LogP contribution in [0.1, 0.15) is 19.6 Å². The van der Waals surface area contributed by atoms with Gasteiger partial charge in [-0.25, -0.2) is 0 Å². The van der Waals surface area contributed by atoms with Crippen molar-refractivity contribution in [3.05, 3.63) is 36.1 Å². The number of nitrogens with zero attached hydrogens (tertiary/aromatic N) is 1. The van der Waals surface area contributed by atoms with Crippen molar-refractivity contribution in [2.75, 3.05) is 23.0 Å². The van der Waals surface area contributed by atoms with Gasteiger partial charge >= 0.3 is 0 Å². The number of hydrogen-bond donors (Lipinski definition) is 2. The van der Waals surface area contributed by atoms with Gasteiger partial charge in [-0.3, -0.25) is 9.59 Å². The molecule has 0 aliphatic heterocycles. The molecule has 0 bridgehead atoms. The van der Waals surface area contributed by atoms with Crippen molar-refractivity contribution in [3.8, 4) is 5.75 Å². The zero-order chi connectivity index (χ0) is 18.2. The van der Waals surface area contributed by atoms with Gasteiger partial charge in [-0.2, -0.15) is 0 Å². The van der Waals surface area contributed by atoms with Crippen LogP contribution in [0.2, 0.25) is 0 Å². The first-order chi connectivity index (χ1) is 12.0. The Morgan fingerprint density at radius 1 is 1.32 bits per heavy atom. The number of rotatable bonds is 8. The largest absolute Gasteiger partial charge is 0.492 e. The predicted molar refractivity (Wildman–Crippen MR) is 98.0 cm³/mol. The van der Waals surface area contributed by atoms with E-state index in [1.165, 1.54) is 11.8 Å². The lowest BCUT2D eigenvalue weighted by Crippen LogP contribution is -2.25. The van der Waals surface area contributed by atoms with E-state index in [2.05, 4.69) is 15.8 Å². The summed E-state index contributed by atoms with van der Waals surface area (Å²) in [6.45, 7) is 5.87. The normalized spacial score (nSPS) is 11.6. The van der Waals surface area contributed by atoms with Crippen LogP contribution >= 0.6 is 11.8 Å². The lowest BCUT2D eigenvalue weighted by atomic mass is 10.3. The van der Waals surface area contributed by atoms with Crippen molar-refractivity contribution < 1.29 is 18.8 Å². The molecular formula is C17H21N3O4S. The smallest absolute Gasteiger partial charge is 0.238 e. The third-order valence-electron chi connectivity index (χ3n) is 3.17. The first-order valence-corrected chi connectivity index (χ1v) is 8.92. The van der Waals surface area contributed by atoms with Gasteiger partial charge in [0.2, 0.25) is 11.8 Å². The molecule has 2 amide bonds. The number of para-hydroxylation sites is 2. The van der Waals surface area contributed by atoms with Crippen molar-refractivity contribution in [1.82, 2.24) is 5.16 Å². The molecule has 7 nitrogen and oxygen atoms in total. The van der Waals surface area contributed by atoms with Crippen LogP contribution in [0.25, 0.3) is 0 Å². The van der Waals surface area contributed by atoms with E-state index in [4.69, 9.17) is 9.26 Å². The SMILES string of the molecule is CCOc1ccccc1NC(=O)CS[C@@H](C)C(=O)Nc1cc(C)on1. The van der Waals surface area contributed by atoms with E-state index in [1.54, 1.807) is 32.0 Å². The number of carbonyl (C=O) groups excluding carboxylic acids is 2. The van der Waals surface area contributed by atoms with E-state index < -0.39 is 5.25 Å². The Bertz CT molecular complexity index is 732. The molecule has 2 N–H and O–H groups in total. The third kappa shape index (κ3) is 5.82. The molecule has 2 rings (SSSR count). The van der Waals surface area contributed by atoms with Crippen LogP contribution in [0.4, 0.5) is 11.5 Å². The van der Waals surface area contributed by atoms with E-state index in [9.17, 15) is 9.59 Å². The molecule has 0 radical (unpaired) electrons. The van der Waals surface area contributed by atoms with E-state index >= 15 is 0 Å². The van der Waals surface area contributed by atoms with Gasteiger partial charge in [-0.15, -0.1) is 11.8 Å². The second-order valence-corrected chi connectivity index (χ2v) is 6.57. The van der Waals surface area contributed by atoms with Crippen molar-refractivity contribution >= 4 is 35.1 Å². The molecule has 0 saturated heterocycles. The summed E-state index contributed by atoms with van der Waals surface area (Å²) in [5, 5.41) is 8.74. The average molecular weight is 363 g/mol. The molecule has 134 valence electrons. The topological polar surface area (TPSA) is 93.5 Å². The van der Waals surface area contributed by atoms with Crippen LogP contribution < -0.4 is 15.4 Å². The van der Waals surface area contributed by atoms with Crippen LogP contribution in [0.5, 0.6) is 5.75 Å². The number of benzene rings is 1. The van der Waals surface area contributed by atoms with Crippen LogP contribution in [0.3, 0.4) is 0 Å². The van der Waals surface area contributed by atoms with Crippen molar-refractivity contribution in [1.29, 1.82) is 0 Å². The standard InChI is InChI=1S/C17H21N3O4S/c1-4-23-14-8-6-5-7-13(14)18-16(21)10-25-12(3)17(22)19-15-9-11(2)24-20-15/h5-9,12H,4,10H2,1-3H3,(H,18,21)(H,19,20,22)/t12-/m0/s1. The van der Waals surface area contributed by atoms with Crippen molar-refractivity contribution in [3.63, 3.8) is 0 Å². The molecule has 0 unspecified atom stereocenters. The van der Waals surface area contributed by atoms with Crippen molar-refractivity contribution in [2.45, 2.75) is 26.0 Å². The number of carbonyl (C=O) groups is 2. The number of anilines is 2. The van der Waals surface area contributed by atoms with Gasteiger partial charge in [-0.05, 0) is 32.9 Å². The van der Waals surface area contributed by atoms with Crippen LogP contribution in [0.15, 0.2) is 34.9 Å². The molecule has 1 heterocycles. The van der Waals surface area contributed by atoms with E-state index in [1.807, 2.05) is 19.1 Å². The van der Waals surface area contributed by atoms with Gasteiger partial charge in [0.1, 0.15) is 11.5 Å². The fourth-order valence-electron chi connectivity index (χ4n) is 1.97. The summed E-state index contributed by atoms with van der Waals surface area (Å²) in [5.41, 5.74) is 0.616. The lowest BCUT2D eigenvalue weighted by molar-refractivity contribution is -0.115. The molecule has 1 atom stereocenters. The Labute approximate surface area is 150 Å². The maximum Gasteiger partial charge on any atom is 0.238 e. The van der Waals surface area contributed by atoms with E-state index in [-0.39, 0.29) is 17.6 Å². The highest BCUT2D eigenvalue weighted by atomic mass is 32.2. The average Bonchev–Trinajstić information content (AvgIpc) is 2.99. The first kappa shape index (κ1) is 18.9. The summed E-state index contributed by atoms with van der Waals surface area (Å²) < 4.78 is 10.4. The maximum atomic E-state index is 12.1. The summed E-state index contributed by atoms with van der Waals surface area (Å²) in [7, 11) is 0. The molecular weight excluding hydrogens is 342 g/mol. The number of aromatic nitrogens is 1. The highest BCUT2D eigenvalue weighted by molar-refractivity contribution is 8.01. The summed E-state index contributed by atoms with van der Waals surface area (Å²) in [6.07, 6.45) is 0. The Kier molecular flexibility index (Phi) is 6.88. The van der Waals surface area contributed by atoms with Gasteiger partial charge in [-0.1, -0.05) is 17.3 Å². The fraction of sp³-hybridized carbons (Fsp3) is 0.353. The number of thioether (sulfide) groups is 1. The second-order valence-electron chi connectivity index (χ2n) is 5.24. The van der Waals surface area contributed by atoms with Crippen molar-refractivity contribution in [2.24, 2.45) is 0 Å². The molecule has 1 aromatic carbocycles. The number of ether oxygens (including phenoxy) is 1. The first-order valence-electron chi connectivity index (χ1n) is 7.87. The molecule has 0 saturated carbocycles. The molecule has 25 heavy (non-hydrogen) atoms. The van der Waals surface area contributed by atoms with Gasteiger partial charge in [0.15, 0.2) is 5.82 Å². The van der Waals surface area contributed by atoms with Crippen LogP contribution in [-0.2, 0) is 9.59 Å². The number of aryl methyl sites for hydroxylation is 1. The minimum Gasteiger partial charge on any atom is -0.492 e. The summed E-state index contributed by atoms with van der Waals surface area (Å²) in [5.74, 6) is 1.31. The third-order valence-corrected chi connectivity index (χ3v) is 4.32. The number of hydrogen-bond acceptors (Lipinski definition) is 6. The van der Waals surface area contributed by atoms with E-state index in [0.29, 0.717) is 29.6 Å². The predicted octanol–water partition coefficient (Wildman–Crippen LogP) is 3.08. The van der Waals surface area contributed by atoms with Crippen LogP contribution in [0, 0.1) is 6.92 Å². The number of nitrogens with one attached hydrogen (secondary N) is 2. The Morgan fingerprint density at radius 2 is 2.08 bits per heavy atom. The Morgan fingerprint density at radius 3 is 2.76 bits per heavy atom. The Hall–Kier alpha value is -2.48. The molecule has 8 heteroatoms. The fourth-order valence-corrected chi connectivity index (χ4v) is 2.65. The molecule has 0 fully saturated rings. The van der Waals surface area contributed by atoms with E-state index in [0.717, 1.165) is 0 Å². The highest BCUT2D eigenvalue weighted by Gasteiger charge is 2.17. The maximum absolute atomic E-state index is 12.1. The summed E-state index contributed by atoms with van der Waals surface area (Å²) in [4.78, 5) is 24.2. The zero-order valence-electron chi connectivity index (χ0n) is 14.4. The quantitative estimate of drug-likeness (QED) is 0.749. The van der Waals surface area contributed by atoms with Gasteiger partial charge in [0, 0.05) is 6.07 Å². The highest BCUT2D eigenvalue weighted by Crippen LogP contribution is 2.24. The van der Waals surface area contributed by atoms with Crippen LogP contribution in [-0.4, -0.2) is 34.6 Å². The lowest BCUT2D eigenvalue weighted by Gasteiger charge is -2.13. The zero-order valence-corrected chi connectivity index (χ0v) is 15.2. The monoisotopic (exact) mass is 363 g/mol. The van der Waals surface area contributed by atoms with Gasteiger partial charge < -0.3 is 19.9 Å². The molecule has 1 aromatic heterocycles. The molecule has 0 aliphatic rings. The molecule has 2 aromatic rings. The van der Waals surface area contributed by atoms with Gasteiger partial charge in [0.25, 0.3) is 0 Å². The number of amides is 2. The van der Waals surface area contributed by atoms with Gasteiger partial charge in [0.05, 0.1) is 23.3 Å². The second kappa shape index (κ2) is 9.12.